The van der Waals surface area contributed by atoms with E-state index in [4.69, 9.17) is 5.10 Å². The zero-order chi connectivity index (χ0) is 14.2. The lowest BCUT2D eigenvalue weighted by atomic mass is 10.0. The van der Waals surface area contributed by atoms with Crippen molar-refractivity contribution in [3.05, 3.63) is 54.1 Å². The van der Waals surface area contributed by atoms with Crippen molar-refractivity contribution in [3.63, 3.8) is 0 Å². The minimum Gasteiger partial charge on any atom is -0.268 e. The van der Waals surface area contributed by atoms with Crippen LogP contribution in [0.25, 0.3) is 22.5 Å². The molecule has 1 aliphatic heterocycles. The Morgan fingerprint density at radius 3 is 2.90 bits per heavy atom. The van der Waals surface area contributed by atoms with Crippen LogP contribution in [0.5, 0.6) is 0 Å². The van der Waals surface area contributed by atoms with Gasteiger partial charge in [-0.1, -0.05) is 12.1 Å². The molecule has 4 nitrogen and oxygen atoms in total. The van der Waals surface area contributed by atoms with Gasteiger partial charge < -0.3 is 0 Å². The zero-order valence-electron chi connectivity index (χ0n) is 12.0. The minimum absolute atomic E-state index is 0.941. The summed E-state index contributed by atoms with van der Waals surface area (Å²) in [5.74, 6) is 0. The Hall–Kier alpha value is -2.49. The Morgan fingerprint density at radius 1 is 1.14 bits per heavy atom. The van der Waals surface area contributed by atoms with Crippen LogP contribution in [0.3, 0.4) is 0 Å². The average Bonchev–Trinajstić information content (AvgIpc) is 3.08. The molecule has 0 bridgehead atoms. The van der Waals surface area contributed by atoms with Crippen LogP contribution in [0.2, 0.25) is 0 Å². The Kier molecular flexibility index (Phi) is 2.81. The molecule has 0 fully saturated rings. The summed E-state index contributed by atoms with van der Waals surface area (Å²) in [6, 6.07) is 10.2. The summed E-state index contributed by atoms with van der Waals surface area (Å²) >= 11 is 0. The van der Waals surface area contributed by atoms with Gasteiger partial charge in [0.25, 0.3) is 0 Å². The standard InChI is InChI=1S/C17H16N4/c1-12-5-2-7-14(19-12)17-16(13-6-3-9-18-11-13)15-8-4-10-21(15)20-17/h2-3,5-7,9,11H,4,8,10H2,1H3. The highest BCUT2D eigenvalue weighted by molar-refractivity contribution is 5.81. The molecule has 3 aromatic rings. The van der Waals surface area contributed by atoms with Crippen molar-refractivity contribution in [3.8, 4) is 22.5 Å². The van der Waals surface area contributed by atoms with Gasteiger partial charge >= 0.3 is 0 Å². The molecular formula is C17H16N4. The summed E-state index contributed by atoms with van der Waals surface area (Å²) in [6.07, 6.45) is 5.95. The van der Waals surface area contributed by atoms with Gasteiger partial charge in [0.1, 0.15) is 5.69 Å². The fourth-order valence-electron chi connectivity index (χ4n) is 3.00. The van der Waals surface area contributed by atoms with E-state index in [2.05, 4.69) is 20.7 Å². The highest BCUT2D eigenvalue weighted by Crippen LogP contribution is 2.36. The van der Waals surface area contributed by atoms with Crippen molar-refractivity contribution >= 4 is 0 Å². The van der Waals surface area contributed by atoms with E-state index < -0.39 is 0 Å². The number of aromatic nitrogens is 4. The van der Waals surface area contributed by atoms with Crippen molar-refractivity contribution in [2.24, 2.45) is 0 Å². The van der Waals surface area contributed by atoms with Gasteiger partial charge in [0.2, 0.25) is 0 Å². The Balaban J connectivity index is 1.96. The highest BCUT2D eigenvalue weighted by atomic mass is 15.3. The lowest BCUT2D eigenvalue weighted by Gasteiger charge is -2.05. The van der Waals surface area contributed by atoms with Gasteiger partial charge in [0.05, 0.1) is 5.69 Å². The molecule has 4 rings (SSSR count). The molecule has 0 unspecified atom stereocenters. The Morgan fingerprint density at radius 2 is 2.10 bits per heavy atom. The molecule has 104 valence electrons. The zero-order valence-corrected chi connectivity index (χ0v) is 12.0. The van der Waals surface area contributed by atoms with Gasteiger partial charge in [-0.25, -0.2) is 0 Å². The van der Waals surface area contributed by atoms with Crippen LogP contribution in [0.1, 0.15) is 17.8 Å². The largest absolute Gasteiger partial charge is 0.268 e. The molecule has 0 saturated heterocycles. The molecule has 0 aromatic carbocycles. The van der Waals surface area contributed by atoms with Gasteiger partial charge in [0.15, 0.2) is 0 Å². The smallest absolute Gasteiger partial charge is 0.119 e. The van der Waals surface area contributed by atoms with Crippen molar-refractivity contribution in [1.82, 2.24) is 19.7 Å². The van der Waals surface area contributed by atoms with E-state index in [-0.39, 0.29) is 0 Å². The normalized spacial score (nSPS) is 13.4. The summed E-state index contributed by atoms with van der Waals surface area (Å²) in [7, 11) is 0. The van der Waals surface area contributed by atoms with Gasteiger partial charge in [-0.2, -0.15) is 5.10 Å². The molecule has 0 saturated carbocycles. The van der Waals surface area contributed by atoms with Crippen LogP contribution < -0.4 is 0 Å². The van der Waals surface area contributed by atoms with Crippen LogP contribution in [0.4, 0.5) is 0 Å². The van der Waals surface area contributed by atoms with E-state index in [1.165, 1.54) is 11.3 Å². The Labute approximate surface area is 123 Å². The maximum absolute atomic E-state index is 4.80. The first kappa shape index (κ1) is 12.3. The maximum Gasteiger partial charge on any atom is 0.119 e. The monoisotopic (exact) mass is 276 g/mol. The summed E-state index contributed by atoms with van der Waals surface area (Å²) in [4.78, 5) is 8.91. The molecule has 1 aliphatic rings. The summed E-state index contributed by atoms with van der Waals surface area (Å²) < 4.78 is 2.13. The predicted molar refractivity (Wildman–Crippen MR) is 81.7 cm³/mol. The summed E-state index contributed by atoms with van der Waals surface area (Å²) in [6.45, 7) is 3.01. The highest BCUT2D eigenvalue weighted by Gasteiger charge is 2.24. The second-order valence-electron chi connectivity index (χ2n) is 5.40. The molecule has 0 atom stereocenters. The van der Waals surface area contributed by atoms with Gasteiger partial charge in [-0.05, 0) is 38.0 Å². The molecule has 0 radical (unpaired) electrons. The number of nitrogens with zero attached hydrogens (tertiary/aromatic N) is 4. The van der Waals surface area contributed by atoms with E-state index in [9.17, 15) is 0 Å². The molecule has 4 heteroatoms. The van der Waals surface area contributed by atoms with Crippen molar-refractivity contribution in [2.75, 3.05) is 0 Å². The quantitative estimate of drug-likeness (QED) is 0.721. The molecule has 0 N–H and O–H groups in total. The summed E-state index contributed by atoms with van der Waals surface area (Å²) in [5.41, 5.74) is 6.55. The van der Waals surface area contributed by atoms with E-state index >= 15 is 0 Å². The third kappa shape index (κ3) is 2.03. The second-order valence-corrected chi connectivity index (χ2v) is 5.40. The molecule has 21 heavy (non-hydrogen) atoms. The first-order valence-corrected chi connectivity index (χ1v) is 7.27. The first-order valence-electron chi connectivity index (χ1n) is 7.27. The third-order valence-electron chi connectivity index (χ3n) is 3.92. The molecular weight excluding hydrogens is 260 g/mol. The SMILES string of the molecule is Cc1cccc(-c2nn3c(c2-c2cccnc2)CCC3)n1. The molecule has 0 aliphatic carbocycles. The lowest BCUT2D eigenvalue weighted by molar-refractivity contribution is 0.658. The van der Waals surface area contributed by atoms with E-state index in [0.29, 0.717) is 0 Å². The van der Waals surface area contributed by atoms with Gasteiger partial charge in [0, 0.05) is 41.5 Å². The fraction of sp³-hybridized carbons (Fsp3) is 0.235. The van der Waals surface area contributed by atoms with Crippen molar-refractivity contribution in [2.45, 2.75) is 26.3 Å². The van der Waals surface area contributed by atoms with Crippen LogP contribution in [0, 0.1) is 6.92 Å². The topological polar surface area (TPSA) is 43.6 Å². The molecule has 3 aromatic heterocycles. The average molecular weight is 276 g/mol. The first-order chi connectivity index (χ1) is 10.3. The number of rotatable bonds is 2. The minimum atomic E-state index is 0.941. The predicted octanol–water partition coefficient (Wildman–Crippen LogP) is 3.26. The fourth-order valence-corrected chi connectivity index (χ4v) is 3.00. The van der Waals surface area contributed by atoms with Gasteiger partial charge in [-0.3, -0.25) is 14.6 Å². The molecule has 0 spiro atoms. The summed E-state index contributed by atoms with van der Waals surface area (Å²) in [5, 5.41) is 4.80. The maximum atomic E-state index is 4.80. The van der Waals surface area contributed by atoms with E-state index in [1.807, 2.05) is 37.4 Å². The Bertz CT molecular complexity index is 790. The van der Waals surface area contributed by atoms with Crippen molar-refractivity contribution < 1.29 is 0 Å². The van der Waals surface area contributed by atoms with Crippen LogP contribution in [-0.2, 0) is 13.0 Å². The number of pyridine rings is 2. The third-order valence-corrected chi connectivity index (χ3v) is 3.92. The second kappa shape index (κ2) is 4.81. The van der Waals surface area contributed by atoms with E-state index in [0.717, 1.165) is 42.0 Å². The number of hydrogen-bond acceptors (Lipinski definition) is 3. The van der Waals surface area contributed by atoms with Crippen molar-refractivity contribution in [1.29, 1.82) is 0 Å². The van der Waals surface area contributed by atoms with Crippen LogP contribution in [-0.4, -0.2) is 19.7 Å². The van der Waals surface area contributed by atoms with E-state index in [1.54, 1.807) is 6.20 Å². The molecule has 0 amide bonds. The molecule has 4 heterocycles. The lowest BCUT2D eigenvalue weighted by Crippen LogP contribution is -1.95. The van der Waals surface area contributed by atoms with Crippen LogP contribution in [0.15, 0.2) is 42.7 Å². The van der Waals surface area contributed by atoms with Crippen LogP contribution >= 0.6 is 0 Å². The number of fused-ring (bicyclic) bond motifs is 1. The number of aryl methyl sites for hydroxylation is 2. The van der Waals surface area contributed by atoms with Gasteiger partial charge in [-0.15, -0.1) is 0 Å². The number of hydrogen-bond donors (Lipinski definition) is 0.